The van der Waals surface area contributed by atoms with E-state index in [9.17, 15) is 18.4 Å². The van der Waals surface area contributed by atoms with Gasteiger partial charge in [-0.2, -0.15) is 0 Å². The zero-order chi connectivity index (χ0) is 18.9. The molecule has 0 atom stereocenters. The minimum Gasteiger partial charge on any atom is -0.477 e. The molecule has 2 rings (SSSR count). The number of rotatable bonds is 7. The number of amides is 1. The molecule has 0 aliphatic carbocycles. The van der Waals surface area contributed by atoms with Crippen molar-refractivity contribution in [3.63, 3.8) is 0 Å². The van der Waals surface area contributed by atoms with Gasteiger partial charge in [-0.25, -0.2) is 18.4 Å². The van der Waals surface area contributed by atoms with E-state index in [1.54, 1.807) is 6.08 Å². The molecule has 2 aromatic carbocycles. The van der Waals surface area contributed by atoms with Crippen molar-refractivity contribution in [1.82, 2.24) is 5.32 Å². The molecule has 2 N–H and O–H groups in total. The monoisotopic (exact) mass is 361 g/mol. The topological polar surface area (TPSA) is 75.6 Å². The summed E-state index contributed by atoms with van der Waals surface area (Å²) in [7, 11) is 0. The van der Waals surface area contributed by atoms with E-state index in [1.165, 1.54) is 6.08 Å². The molecule has 136 valence electrons. The second-order valence-corrected chi connectivity index (χ2v) is 5.31. The van der Waals surface area contributed by atoms with Crippen molar-refractivity contribution in [3.05, 3.63) is 76.9 Å². The van der Waals surface area contributed by atoms with Crippen LogP contribution in [0.25, 0.3) is 6.08 Å². The molecule has 0 unspecified atom stereocenters. The van der Waals surface area contributed by atoms with Crippen LogP contribution in [0.5, 0.6) is 0 Å². The number of carbonyl (C=O) groups is 2. The summed E-state index contributed by atoms with van der Waals surface area (Å²) in [6, 6.07) is 11.2. The summed E-state index contributed by atoms with van der Waals surface area (Å²) in [4.78, 5) is 22.4. The fourth-order valence-electron chi connectivity index (χ4n) is 2.14. The first kappa shape index (κ1) is 19.1. The Morgan fingerprint density at radius 2 is 1.85 bits per heavy atom. The maximum Gasteiger partial charge on any atom is 0.407 e. The van der Waals surface area contributed by atoms with Crippen LogP contribution in [0.2, 0.25) is 0 Å². The number of ether oxygens (including phenoxy) is 1. The minimum atomic E-state index is -1.67. The molecule has 1 amide bonds. The summed E-state index contributed by atoms with van der Waals surface area (Å²) >= 11 is 0. The number of alkyl carbamates (subject to hydrolysis) is 1. The van der Waals surface area contributed by atoms with Gasteiger partial charge < -0.3 is 15.2 Å². The van der Waals surface area contributed by atoms with Gasteiger partial charge in [0.05, 0.1) is 0 Å². The van der Waals surface area contributed by atoms with Crippen LogP contribution in [0.3, 0.4) is 0 Å². The van der Waals surface area contributed by atoms with E-state index in [0.717, 1.165) is 17.7 Å². The zero-order valence-corrected chi connectivity index (χ0v) is 13.7. The van der Waals surface area contributed by atoms with Gasteiger partial charge in [-0.1, -0.05) is 42.5 Å². The van der Waals surface area contributed by atoms with Crippen molar-refractivity contribution < 1.29 is 28.2 Å². The molecular weight excluding hydrogens is 344 g/mol. The van der Waals surface area contributed by atoms with E-state index in [-0.39, 0.29) is 18.7 Å². The molecule has 2 aromatic rings. The Balaban J connectivity index is 1.78. The number of nitrogens with one attached hydrogen (secondary N) is 1. The Morgan fingerprint density at radius 1 is 1.12 bits per heavy atom. The molecule has 5 nitrogen and oxygen atoms in total. The van der Waals surface area contributed by atoms with E-state index in [0.29, 0.717) is 6.42 Å². The molecule has 0 radical (unpaired) electrons. The van der Waals surface area contributed by atoms with Crippen LogP contribution in [0.15, 0.2) is 48.5 Å². The average Bonchev–Trinajstić information content (AvgIpc) is 2.62. The normalized spacial score (nSPS) is 10.7. The highest BCUT2D eigenvalue weighted by Gasteiger charge is 2.18. The van der Waals surface area contributed by atoms with Crippen LogP contribution in [-0.4, -0.2) is 23.7 Å². The lowest BCUT2D eigenvalue weighted by atomic mass is 10.1. The summed E-state index contributed by atoms with van der Waals surface area (Å²) in [5.74, 6) is -3.93. The van der Waals surface area contributed by atoms with Crippen LogP contribution in [0.4, 0.5) is 13.6 Å². The van der Waals surface area contributed by atoms with Gasteiger partial charge in [0, 0.05) is 12.1 Å². The number of hydrogen-bond acceptors (Lipinski definition) is 3. The number of carboxylic acid groups (broad SMARTS) is 1. The Hall–Kier alpha value is -3.22. The summed E-state index contributed by atoms with van der Waals surface area (Å²) in [6.07, 6.45) is 2.65. The Morgan fingerprint density at radius 3 is 2.54 bits per heavy atom. The van der Waals surface area contributed by atoms with Crippen LogP contribution in [-0.2, 0) is 11.3 Å². The summed E-state index contributed by atoms with van der Waals surface area (Å²) < 4.78 is 32.2. The van der Waals surface area contributed by atoms with Crippen molar-refractivity contribution in [3.8, 4) is 0 Å². The van der Waals surface area contributed by atoms with Gasteiger partial charge in [0.25, 0.3) is 0 Å². The summed E-state index contributed by atoms with van der Waals surface area (Å²) in [5, 5.41) is 11.3. The molecule has 0 fully saturated rings. The van der Waals surface area contributed by atoms with Gasteiger partial charge >= 0.3 is 12.1 Å². The Labute approximate surface area is 148 Å². The lowest BCUT2D eigenvalue weighted by Crippen LogP contribution is -2.24. The molecule has 0 aliphatic rings. The second-order valence-electron chi connectivity index (χ2n) is 5.31. The first-order chi connectivity index (χ1) is 12.5. The highest BCUT2D eigenvalue weighted by Crippen LogP contribution is 2.18. The highest BCUT2D eigenvalue weighted by atomic mass is 19.1. The van der Waals surface area contributed by atoms with Gasteiger partial charge in [0.1, 0.15) is 23.8 Å². The third kappa shape index (κ3) is 5.41. The number of aromatic carboxylic acids is 1. The van der Waals surface area contributed by atoms with Gasteiger partial charge in [0.2, 0.25) is 0 Å². The number of carbonyl (C=O) groups excluding carboxylic acids is 1. The standard InChI is InChI=1S/C19H17F2NO4/c20-15-10-9-14(17(21)16(15)18(23)24)8-4-5-11-22-19(25)26-12-13-6-2-1-3-7-13/h1-4,6-10H,5,11-12H2,(H,22,25)(H,23,24). The van der Waals surface area contributed by atoms with Gasteiger partial charge in [-0.3, -0.25) is 0 Å². The van der Waals surface area contributed by atoms with Crippen molar-refractivity contribution in [1.29, 1.82) is 0 Å². The second kappa shape index (κ2) is 9.31. The van der Waals surface area contributed by atoms with E-state index < -0.39 is 29.3 Å². The zero-order valence-electron chi connectivity index (χ0n) is 13.7. The number of hydrogen-bond donors (Lipinski definition) is 2. The van der Waals surface area contributed by atoms with Gasteiger partial charge in [-0.05, 0) is 24.1 Å². The quantitative estimate of drug-likeness (QED) is 0.731. The molecule has 0 aromatic heterocycles. The largest absolute Gasteiger partial charge is 0.477 e. The molecule has 0 aliphatic heterocycles. The van der Waals surface area contributed by atoms with Gasteiger partial charge in [0.15, 0.2) is 0 Å². The number of benzene rings is 2. The molecule has 0 saturated carbocycles. The first-order valence-corrected chi connectivity index (χ1v) is 7.81. The predicted octanol–water partition coefficient (Wildman–Crippen LogP) is 3.99. The molecule has 7 heteroatoms. The summed E-state index contributed by atoms with van der Waals surface area (Å²) in [6.45, 7) is 0.403. The molecule has 0 heterocycles. The Kier molecular flexibility index (Phi) is 6.84. The van der Waals surface area contributed by atoms with Crippen molar-refractivity contribution in [2.75, 3.05) is 6.54 Å². The molecular formula is C19H17F2NO4. The highest BCUT2D eigenvalue weighted by molar-refractivity contribution is 5.89. The smallest absolute Gasteiger partial charge is 0.407 e. The van der Waals surface area contributed by atoms with E-state index >= 15 is 0 Å². The van der Waals surface area contributed by atoms with Crippen LogP contribution in [0, 0.1) is 11.6 Å². The van der Waals surface area contributed by atoms with Gasteiger partial charge in [-0.15, -0.1) is 0 Å². The minimum absolute atomic E-state index is 0.0459. The summed E-state index contributed by atoms with van der Waals surface area (Å²) in [5.41, 5.74) is -0.172. The molecule has 0 saturated heterocycles. The maximum absolute atomic E-state index is 13.9. The van der Waals surface area contributed by atoms with E-state index in [2.05, 4.69) is 5.32 Å². The SMILES string of the molecule is O=C(NCCC=Cc1ccc(F)c(C(=O)O)c1F)OCc1ccccc1. The van der Waals surface area contributed by atoms with Crippen LogP contribution >= 0.6 is 0 Å². The van der Waals surface area contributed by atoms with E-state index in [1.807, 2.05) is 30.3 Å². The lowest BCUT2D eigenvalue weighted by Gasteiger charge is -2.06. The van der Waals surface area contributed by atoms with Crippen LogP contribution in [0.1, 0.15) is 27.9 Å². The molecule has 26 heavy (non-hydrogen) atoms. The number of carboxylic acids is 1. The van der Waals surface area contributed by atoms with Crippen LogP contribution < -0.4 is 5.32 Å². The van der Waals surface area contributed by atoms with Crippen molar-refractivity contribution in [2.45, 2.75) is 13.0 Å². The van der Waals surface area contributed by atoms with Crippen molar-refractivity contribution >= 4 is 18.1 Å². The number of halogens is 2. The van der Waals surface area contributed by atoms with Crippen molar-refractivity contribution in [2.24, 2.45) is 0 Å². The first-order valence-electron chi connectivity index (χ1n) is 7.81. The maximum atomic E-state index is 13.9. The fraction of sp³-hybridized carbons (Fsp3) is 0.158. The third-order valence-electron chi connectivity index (χ3n) is 3.43. The third-order valence-corrected chi connectivity index (χ3v) is 3.43. The molecule has 0 bridgehead atoms. The fourth-order valence-corrected chi connectivity index (χ4v) is 2.14. The Bertz CT molecular complexity index is 807. The predicted molar refractivity (Wildman–Crippen MR) is 91.6 cm³/mol. The lowest BCUT2D eigenvalue weighted by molar-refractivity contribution is 0.0686. The molecule has 0 spiro atoms. The van der Waals surface area contributed by atoms with E-state index in [4.69, 9.17) is 9.84 Å². The average molecular weight is 361 g/mol.